The summed E-state index contributed by atoms with van der Waals surface area (Å²) in [7, 11) is 0. The molecule has 3 amide bonds. The van der Waals surface area contributed by atoms with E-state index in [0.29, 0.717) is 30.2 Å². The maximum Gasteiger partial charge on any atom is 0.315 e. The monoisotopic (exact) mass is 592 g/mol. The molecule has 4 heterocycles. The topological polar surface area (TPSA) is 130 Å². The first kappa shape index (κ1) is 28.1. The van der Waals surface area contributed by atoms with Crippen molar-refractivity contribution in [3.05, 3.63) is 98.6 Å². The van der Waals surface area contributed by atoms with Crippen LogP contribution in [0.3, 0.4) is 0 Å². The van der Waals surface area contributed by atoms with Crippen LogP contribution in [0.25, 0.3) is 0 Å². The number of amides is 3. The Morgan fingerprint density at radius 1 is 0.951 bits per heavy atom. The molecule has 3 aromatic heterocycles. The van der Waals surface area contributed by atoms with Gasteiger partial charge in [0.05, 0.1) is 25.6 Å². The number of hydrogen-bond donors (Lipinski definition) is 3. The molecule has 0 bridgehead atoms. The Hall–Kier alpha value is -4.42. The van der Waals surface area contributed by atoms with Crippen LogP contribution < -0.4 is 20.1 Å². The second kappa shape index (κ2) is 13.3. The zero-order valence-corrected chi connectivity index (χ0v) is 23.5. The van der Waals surface area contributed by atoms with E-state index in [2.05, 4.69) is 15.6 Å². The Labute approximate surface area is 244 Å². The lowest BCUT2D eigenvalue weighted by Crippen LogP contribution is -2.52. The van der Waals surface area contributed by atoms with Gasteiger partial charge in [-0.1, -0.05) is 24.3 Å². The number of aromatic nitrogens is 1. The summed E-state index contributed by atoms with van der Waals surface area (Å²) >= 11 is 3.11. The molecule has 1 aliphatic rings. The van der Waals surface area contributed by atoms with Crippen molar-refractivity contribution in [2.75, 3.05) is 6.79 Å². The molecule has 5 rings (SSSR count). The van der Waals surface area contributed by atoms with Gasteiger partial charge in [-0.3, -0.25) is 14.6 Å². The second-order valence-electron chi connectivity index (χ2n) is 9.35. The van der Waals surface area contributed by atoms with Gasteiger partial charge in [0.15, 0.2) is 11.5 Å². The van der Waals surface area contributed by atoms with E-state index in [9.17, 15) is 19.5 Å². The predicted octanol–water partition coefficient (Wildman–Crippen LogP) is 4.59. The molecular formula is C29H28N4O6S2. The number of aliphatic carboxylic acids is 1. The van der Waals surface area contributed by atoms with Gasteiger partial charge in [0.1, 0.15) is 6.04 Å². The number of pyridine rings is 1. The van der Waals surface area contributed by atoms with Crippen molar-refractivity contribution in [2.24, 2.45) is 0 Å². The fraction of sp³-hybridized carbons (Fsp3) is 0.241. The van der Waals surface area contributed by atoms with Gasteiger partial charge in [0, 0.05) is 28.6 Å². The van der Waals surface area contributed by atoms with Crippen LogP contribution in [0.5, 0.6) is 11.5 Å². The predicted molar refractivity (Wildman–Crippen MR) is 154 cm³/mol. The van der Waals surface area contributed by atoms with Crippen LogP contribution in [-0.4, -0.2) is 45.7 Å². The third-order valence-electron chi connectivity index (χ3n) is 6.41. The average Bonchev–Trinajstić information content (AvgIpc) is 3.75. The number of carbonyl (C=O) groups is 3. The van der Waals surface area contributed by atoms with Crippen LogP contribution in [0.1, 0.15) is 33.3 Å². The van der Waals surface area contributed by atoms with Gasteiger partial charge in [-0.15, -0.1) is 22.7 Å². The van der Waals surface area contributed by atoms with Crippen LogP contribution in [-0.2, 0) is 29.1 Å². The number of carboxylic acid groups (broad SMARTS) is 1. The maximum atomic E-state index is 14.0. The summed E-state index contributed by atoms with van der Waals surface area (Å²) in [5.41, 5.74) is 1.31. The quantitative estimate of drug-likeness (QED) is 0.219. The zero-order valence-electron chi connectivity index (χ0n) is 21.9. The minimum Gasteiger partial charge on any atom is -0.481 e. The number of rotatable bonds is 12. The average molecular weight is 593 g/mol. The number of carbonyl (C=O) groups excluding carboxylic acids is 2. The molecule has 10 nitrogen and oxygen atoms in total. The first-order chi connectivity index (χ1) is 19.9. The minimum absolute atomic E-state index is 0.0713. The lowest BCUT2D eigenvalue weighted by atomic mass is 10.0. The van der Waals surface area contributed by atoms with Crippen LogP contribution in [0.15, 0.2) is 77.8 Å². The highest BCUT2D eigenvalue weighted by molar-refractivity contribution is 7.10. The summed E-state index contributed by atoms with van der Waals surface area (Å²) in [6, 6.07) is 14.0. The highest BCUT2D eigenvalue weighted by Gasteiger charge is 2.29. The fourth-order valence-electron chi connectivity index (χ4n) is 4.48. The van der Waals surface area contributed by atoms with Crippen molar-refractivity contribution < 1.29 is 29.0 Å². The number of fused-ring (bicyclic) bond motifs is 1. The molecular weight excluding hydrogens is 564 g/mol. The van der Waals surface area contributed by atoms with E-state index in [1.165, 1.54) is 0 Å². The molecule has 2 atom stereocenters. The fourth-order valence-corrected chi connectivity index (χ4v) is 5.92. The Bertz CT molecular complexity index is 1430. The van der Waals surface area contributed by atoms with Crippen molar-refractivity contribution in [3.8, 4) is 11.5 Å². The van der Waals surface area contributed by atoms with Gasteiger partial charge in [-0.2, -0.15) is 0 Å². The van der Waals surface area contributed by atoms with E-state index in [4.69, 9.17) is 9.47 Å². The Morgan fingerprint density at radius 3 is 2.32 bits per heavy atom. The molecule has 0 saturated carbocycles. The van der Waals surface area contributed by atoms with Gasteiger partial charge < -0.3 is 30.1 Å². The lowest BCUT2D eigenvalue weighted by Gasteiger charge is -2.28. The van der Waals surface area contributed by atoms with E-state index in [1.807, 2.05) is 41.1 Å². The van der Waals surface area contributed by atoms with Crippen LogP contribution >= 0.6 is 22.7 Å². The molecule has 0 radical (unpaired) electrons. The number of urea groups is 1. The highest BCUT2D eigenvalue weighted by atomic mass is 32.1. The standard InChI is InChI=1S/C29H28N4O6S2/c34-27(35)14-23(20-7-8-25-26(13-20)39-18-38-25)31-29(37)32-24(12-19-4-1-9-30-15-19)28(36)33(16-21-5-2-10-40-21)17-22-6-3-11-41-22/h1-11,13,15,23-24H,12,14,16-18H2,(H,34,35)(H2,31,32,37)/t23-,24-/m0/s1. The van der Waals surface area contributed by atoms with E-state index in [-0.39, 0.29) is 25.5 Å². The highest BCUT2D eigenvalue weighted by Crippen LogP contribution is 2.34. The molecule has 0 saturated heterocycles. The molecule has 0 fully saturated rings. The smallest absolute Gasteiger partial charge is 0.315 e. The largest absolute Gasteiger partial charge is 0.481 e. The van der Waals surface area contributed by atoms with Crippen molar-refractivity contribution in [1.29, 1.82) is 0 Å². The van der Waals surface area contributed by atoms with Gasteiger partial charge in [0.2, 0.25) is 12.7 Å². The zero-order chi connectivity index (χ0) is 28.6. The molecule has 3 N–H and O–H groups in total. The molecule has 12 heteroatoms. The normalized spacial score (nSPS) is 13.3. The van der Waals surface area contributed by atoms with Crippen molar-refractivity contribution in [2.45, 2.75) is 38.0 Å². The number of nitrogens with zero attached hydrogens (tertiary/aromatic N) is 2. The molecule has 0 aliphatic carbocycles. The van der Waals surface area contributed by atoms with Gasteiger partial charge in [0.25, 0.3) is 0 Å². The molecule has 0 spiro atoms. The third-order valence-corrected chi connectivity index (χ3v) is 8.14. The summed E-state index contributed by atoms with van der Waals surface area (Å²) in [5, 5.41) is 19.0. The first-order valence-corrected chi connectivity index (χ1v) is 14.6. The van der Waals surface area contributed by atoms with Crippen molar-refractivity contribution >= 4 is 40.6 Å². The van der Waals surface area contributed by atoms with Gasteiger partial charge in [-0.05, 0) is 52.2 Å². The number of hydrogen-bond acceptors (Lipinski definition) is 8. The molecule has 41 heavy (non-hydrogen) atoms. The Morgan fingerprint density at radius 2 is 1.68 bits per heavy atom. The third kappa shape index (κ3) is 7.62. The van der Waals surface area contributed by atoms with Crippen LogP contribution in [0.2, 0.25) is 0 Å². The number of benzene rings is 1. The molecule has 212 valence electrons. The second-order valence-corrected chi connectivity index (χ2v) is 11.4. The summed E-state index contributed by atoms with van der Waals surface area (Å²) in [6.45, 7) is 0.849. The van der Waals surface area contributed by atoms with Gasteiger partial charge in [-0.25, -0.2) is 4.79 Å². The number of thiophene rings is 2. The summed E-state index contributed by atoms with van der Waals surface area (Å²) < 4.78 is 10.8. The van der Waals surface area contributed by atoms with E-state index < -0.39 is 24.1 Å². The summed E-state index contributed by atoms with van der Waals surface area (Å²) in [4.78, 5) is 47.0. The Kier molecular flexibility index (Phi) is 9.12. The number of nitrogens with one attached hydrogen (secondary N) is 2. The molecule has 0 unspecified atom stereocenters. The maximum absolute atomic E-state index is 14.0. The molecule has 4 aromatic rings. The van der Waals surface area contributed by atoms with Crippen molar-refractivity contribution in [3.63, 3.8) is 0 Å². The SMILES string of the molecule is O=C(O)C[C@H](NC(=O)N[C@@H](Cc1cccnc1)C(=O)N(Cc1cccs1)Cc1cccs1)c1ccc2c(c1)OCO2. The van der Waals surface area contributed by atoms with E-state index in [0.717, 1.165) is 15.3 Å². The summed E-state index contributed by atoms with van der Waals surface area (Å²) in [5.74, 6) is -0.328. The van der Waals surface area contributed by atoms with Crippen LogP contribution in [0, 0.1) is 0 Å². The summed E-state index contributed by atoms with van der Waals surface area (Å²) in [6.07, 6.45) is 3.14. The number of carboxylic acids is 1. The molecule has 1 aromatic carbocycles. The lowest BCUT2D eigenvalue weighted by molar-refractivity contribution is -0.137. The van der Waals surface area contributed by atoms with Crippen molar-refractivity contribution in [1.82, 2.24) is 20.5 Å². The molecule has 1 aliphatic heterocycles. The number of ether oxygens (including phenoxy) is 2. The van der Waals surface area contributed by atoms with Crippen LogP contribution in [0.4, 0.5) is 4.79 Å². The Balaban J connectivity index is 1.37. The van der Waals surface area contributed by atoms with Gasteiger partial charge >= 0.3 is 12.0 Å². The van der Waals surface area contributed by atoms with E-state index in [1.54, 1.807) is 64.2 Å². The first-order valence-electron chi connectivity index (χ1n) is 12.9. The minimum atomic E-state index is -1.09. The van der Waals surface area contributed by atoms with E-state index >= 15 is 0 Å².